The van der Waals surface area contributed by atoms with Gasteiger partial charge in [0.15, 0.2) is 0 Å². The van der Waals surface area contributed by atoms with Crippen molar-refractivity contribution in [3.63, 3.8) is 0 Å². The van der Waals surface area contributed by atoms with Crippen LogP contribution in [0.25, 0.3) is 0 Å². The lowest BCUT2D eigenvalue weighted by atomic mass is 10.1. The number of rotatable bonds is 6. The molecule has 2 N–H and O–H groups in total. The number of hydrogen-bond acceptors (Lipinski definition) is 4. The highest BCUT2D eigenvalue weighted by Gasteiger charge is 2.14. The highest BCUT2D eigenvalue weighted by Crippen LogP contribution is 2.32. The first-order valence-corrected chi connectivity index (χ1v) is 6.22. The maximum Gasteiger partial charge on any atom is 0.144 e. The van der Waals surface area contributed by atoms with Gasteiger partial charge in [0.2, 0.25) is 0 Å². The number of para-hydroxylation sites is 1. The minimum absolute atomic E-state index is 0.124. The van der Waals surface area contributed by atoms with Crippen LogP contribution < -0.4 is 15.4 Å². The van der Waals surface area contributed by atoms with Crippen molar-refractivity contribution in [2.75, 3.05) is 24.3 Å². The van der Waals surface area contributed by atoms with Crippen molar-refractivity contribution >= 4 is 11.4 Å². The van der Waals surface area contributed by atoms with Gasteiger partial charge in [0, 0.05) is 13.1 Å². The molecule has 0 bridgehead atoms. The number of ether oxygens (including phenoxy) is 1. The second-order valence-corrected chi connectivity index (χ2v) is 4.36. The van der Waals surface area contributed by atoms with Crippen LogP contribution in [0, 0.1) is 11.3 Å². The van der Waals surface area contributed by atoms with Crippen LogP contribution >= 0.6 is 0 Å². The fourth-order valence-electron chi connectivity index (χ4n) is 1.68. The third kappa shape index (κ3) is 3.30. The second kappa shape index (κ2) is 6.75. The molecule has 0 saturated heterocycles. The van der Waals surface area contributed by atoms with Gasteiger partial charge in [-0.05, 0) is 25.5 Å². The van der Waals surface area contributed by atoms with Gasteiger partial charge in [0.1, 0.15) is 5.75 Å². The van der Waals surface area contributed by atoms with Crippen LogP contribution in [0.15, 0.2) is 18.2 Å². The molecule has 0 aliphatic carbocycles. The smallest absolute Gasteiger partial charge is 0.144 e. The van der Waals surface area contributed by atoms with E-state index in [0.29, 0.717) is 24.5 Å². The van der Waals surface area contributed by atoms with Crippen molar-refractivity contribution in [3.05, 3.63) is 18.2 Å². The van der Waals surface area contributed by atoms with E-state index >= 15 is 0 Å². The molecule has 18 heavy (non-hydrogen) atoms. The molecular formula is C14H21N3O. The van der Waals surface area contributed by atoms with Gasteiger partial charge in [-0.15, -0.1) is 0 Å². The van der Waals surface area contributed by atoms with E-state index in [1.807, 2.05) is 37.1 Å². The summed E-state index contributed by atoms with van der Waals surface area (Å²) in [5, 5.41) is 8.74. The topological polar surface area (TPSA) is 62.3 Å². The SMILES string of the molecule is CCCOc1cccc(N(C)C(C)CC#N)c1N. The molecule has 0 aliphatic heterocycles. The molecule has 0 fully saturated rings. The molecule has 0 aromatic heterocycles. The van der Waals surface area contributed by atoms with E-state index in [2.05, 4.69) is 13.0 Å². The molecule has 98 valence electrons. The van der Waals surface area contributed by atoms with E-state index in [0.717, 1.165) is 12.1 Å². The second-order valence-electron chi connectivity index (χ2n) is 4.36. The molecule has 1 unspecified atom stereocenters. The molecule has 0 heterocycles. The van der Waals surface area contributed by atoms with Crippen molar-refractivity contribution in [2.45, 2.75) is 32.7 Å². The van der Waals surface area contributed by atoms with Crippen LogP contribution in [0.5, 0.6) is 5.75 Å². The molecule has 1 rings (SSSR count). The Bertz CT molecular complexity index is 426. The van der Waals surface area contributed by atoms with Crippen molar-refractivity contribution in [2.24, 2.45) is 0 Å². The van der Waals surface area contributed by atoms with Crippen LogP contribution in [-0.4, -0.2) is 19.7 Å². The van der Waals surface area contributed by atoms with Crippen molar-refractivity contribution in [1.82, 2.24) is 0 Å². The van der Waals surface area contributed by atoms with Crippen LogP contribution in [0.1, 0.15) is 26.7 Å². The summed E-state index contributed by atoms with van der Waals surface area (Å²) in [5.41, 5.74) is 7.66. The summed E-state index contributed by atoms with van der Waals surface area (Å²) in [6.45, 7) is 4.72. The zero-order valence-corrected chi connectivity index (χ0v) is 11.3. The molecule has 1 atom stereocenters. The summed E-state index contributed by atoms with van der Waals surface area (Å²) in [7, 11) is 1.94. The quantitative estimate of drug-likeness (QED) is 0.785. The Morgan fingerprint density at radius 2 is 2.22 bits per heavy atom. The Kier molecular flexibility index (Phi) is 5.31. The maximum atomic E-state index is 8.74. The molecule has 1 aromatic rings. The number of nitrogen functional groups attached to an aromatic ring is 1. The Hall–Kier alpha value is -1.89. The Labute approximate surface area is 109 Å². The average Bonchev–Trinajstić information content (AvgIpc) is 2.37. The van der Waals surface area contributed by atoms with Gasteiger partial charge in [-0.3, -0.25) is 0 Å². The van der Waals surface area contributed by atoms with Crippen molar-refractivity contribution in [1.29, 1.82) is 5.26 Å². The third-order valence-electron chi connectivity index (χ3n) is 2.93. The standard InChI is InChI=1S/C14H21N3O/c1-4-10-18-13-7-5-6-12(14(13)16)17(3)11(2)8-9-15/h5-7,11H,4,8,10,16H2,1-3H3. The summed E-state index contributed by atoms with van der Waals surface area (Å²) in [6.07, 6.45) is 1.42. The zero-order valence-electron chi connectivity index (χ0n) is 11.3. The minimum Gasteiger partial charge on any atom is -0.491 e. The first-order chi connectivity index (χ1) is 8.61. The Morgan fingerprint density at radius 1 is 1.50 bits per heavy atom. The summed E-state index contributed by atoms with van der Waals surface area (Å²) >= 11 is 0. The number of nitrogens with zero attached hydrogens (tertiary/aromatic N) is 2. The molecular weight excluding hydrogens is 226 g/mol. The lowest BCUT2D eigenvalue weighted by Gasteiger charge is -2.27. The Balaban J connectivity index is 2.92. The zero-order chi connectivity index (χ0) is 13.5. The van der Waals surface area contributed by atoms with Gasteiger partial charge in [-0.25, -0.2) is 0 Å². The molecule has 0 amide bonds. The molecule has 0 radical (unpaired) electrons. The fourth-order valence-corrected chi connectivity index (χ4v) is 1.68. The highest BCUT2D eigenvalue weighted by atomic mass is 16.5. The first kappa shape index (κ1) is 14.2. The number of anilines is 2. The van der Waals surface area contributed by atoms with E-state index in [9.17, 15) is 0 Å². The lowest BCUT2D eigenvalue weighted by Crippen LogP contribution is -2.29. The maximum absolute atomic E-state index is 8.74. The fraction of sp³-hybridized carbons (Fsp3) is 0.500. The monoisotopic (exact) mass is 247 g/mol. The molecule has 4 heteroatoms. The summed E-state index contributed by atoms with van der Waals surface area (Å²) in [6, 6.07) is 8.04. The Morgan fingerprint density at radius 3 is 2.83 bits per heavy atom. The van der Waals surface area contributed by atoms with Gasteiger partial charge < -0.3 is 15.4 Å². The number of hydrogen-bond donors (Lipinski definition) is 1. The molecule has 0 spiro atoms. The van der Waals surface area contributed by atoms with Crippen LogP contribution in [0.2, 0.25) is 0 Å². The predicted octanol–water partition coefficient (Wildman–Crippen LogP) is 2.80. The van der Waals surface area contributed by atoms with Crippen LogP contribution in [0.3, 0.4) is 0 Å². The van der Waals surface area contributed by atoms with E-state index in [-0.39, 0.29) is 6.04 Å². The average molecular weight is 247 g/mol. The van der Waals surface area contributed by atoms with Gasteiger partial charge in [-0.1, -0.05) is 13.0 Å². The van der Waals surface area contributed by atoms with Crippen LogP contribution in [0.4, 0.5) is 11.4 Å². The first-order valence-electron chi connectivity index (χ1n) is 6.22. The number of benzene rings is 1. The van der Waals surface area contributed by atoms with Crippen molar-refractivity contribution < 1.29 is 4.74 Å². The normalized spacial score (nSPS) is 11.7. The minimum atomic E-state index is 0.124. The van der Waals surface area contributed by atoms with E-state index in [1.165, 1.54) is 0 Å². The molecule has 0 aliphatic rings. The number of nitrogens with two attached hydrogens (primary N) is 1. The summed E-state index contributed by atoms with van der Waals surface area (Å²) < 4.78 is 5.60. The van der Waals surface area contributed by atoms with E-state index in [1.54, 1.807) is 0 Å². The third-order valence-corrected chi connectivity index (χ3v) is 2.93. The summed E-state index contributed by atoms with van der Waals surface area (Å²) in [4.78, 5) is 2.01. The largest absolute Gasteiger partial charge is 0.491 e. The van der Waals surface area contributed by atoms with E-state index in [4.69, 9.17) is 15.7 Å². The van der Waals surface area contributed by atoms with Crippen molar-refractivity contribution in [3.8, 4) is 11.8 Å². The highest BCUT2D eigenvalue weighted by molar-refractivity contribution is 5.74. The van der Waals surface area contributed by atoms with Gasteiger partial charge in [0.05, 0.1) is 30.5 Å². The van der Waals surface area contributed by atoms with Crippen LogP contribution in [-0.2, 0) is 0 Å². The van der Waals surface area contributed by atoms with Gasteiger partial charge in [-0.2, -0.15) is 5.26 Å². The number of nitriles is 1. The van der Waals surface area contributed by atoms with Gasteiger partial charge in [0.25, 0.3) is 0 Å². The molecule has 0 saturated carbocycles. The molecule has 4 nitrogen and oxygen atoms in total. The predicted molar refractivity (Wildman–Crippen MR) is 74.7 cm³/mol. The summed E-state index contributed by atoms with van der Waals surface area (Å²) in [5.74, 6) is 0.713. The van der Waals surface area contributed by atoms with Gasteiger partial charge >= 0.3 is 0 Å². The molecule has 1 aromatic carbocycles. The lowest BCUT2D eigenvalue weighted by molar-refractivity contribution is 0.319. The van der Waals surface area contributed by atoms with E-state index < -0.39 is 0 Å².